The highest BCUT2D eigenvalue weighted by atomic mass is 16.5. The molecule has 1 heterocycles. The lowest BCUT2D eigenvalue weighted by atomic mass is 9.92. The molecule has 0 saturated carbocycles. The zero-order valence-electron chi connectivity index (χ0n) is 7.18. The normalized spacial score (nSPS) is 27.3. The Morgan fingerprint density at radius 3 is 3.00 bits per heavy atom. The van der Waals surface area contributed by atoms with Crippen LogP contribution in [0.15, 0.2) is 0 Å². The van der Waals surface area contributed by atoms with E-state index >= 15 is 0 Å². The summed E-state index contributed by atoms with van der Waals surface area (Å²) in [5.74, 6) is 1.29. The van der Waals surface area contributed by atoms with Gasteiger partial charge in [0.15, 0.2) is 0 Å². The molecule has 1 fully saturated rings. The topological polar surface area (TPSA) is 47.3 Å². The summed E-state index contributed by atoms with van der Waals surface area (Å²) in [7, 11) is 1.74. The second-order valence-corrected chi connectivity index (χ2v) is 3.20. The van der Waals surface area contributed by atoms with Gasteiger partial charge >= 0.3 is 0 Å². The van der Waals surface area contributed by atoms with Gasteiger partial charge in [0.1, 0.15) is 0 Å². The van der Waals surface area contributed by atoms with Crippen LogP contribution in [0.4, 0.5) is 0 Å². The van der Waals surface area contributed by atoms with Gasteiger partial charge < -0.3 is 15.8 Å². The van der Waals surface area contributed by atoms with E-state index in [9.17, 15) is 0 Å². The van der Waals surface area contributed by atoms with Crippen molar-refractivity contribution in [3.05, 3.63) is 0 Å². The highest BCUT2D eigenvalue weighted by Crippen LogP contribution is 2.17. The van der Waals surface area contributed by atoms with E-state index in [0.717, 1.165) is 32.2 Å². The number of hydrogen-bond donors (Lipinski definition) is 2. The monoisotopic (exact) mass is 158 g/mol. The van der Waals surface area contributed by atoms with Crippen LogP contribution in [-0.2, 0) is 4.74 Å². The summed E-state index contributed by atoms with van der Waals surface area (Å²) in [6, 6.07) is 0. The molecule has 0 bridgehead atoms. The minimum atomic E-state index is 0.551. The number of hydrogen-bond acceptors (Lipinski definition) is 3. The van der Waals surface area contributed by atoms with Gasteiger partial charge in [0.05, 0.1) is 6.61 Å². The molecule has 2 unspecified atom stereocenters. The smallest absolute Gasteiger partial charge is 0.0505 e. The van der Waals surface area contributed by atoms with Crippen LogP contribution in [0.5, 0.6) is 0 Å². The van der Waals surface area contributed by atoms with E-state index < -0.39 is 0 Å². The first-order valence-electron chi connectivity index (χ1n) is 4.28. The molecule has 11 heavy (non-hydrogen) atoms. The molecule has 1 rings (SSSR count). The molecule has 2 atom stereocenters. The van der Waals surface area contributed by atoms with Crippen LogP contribution in [0.1, 0.15) is 6.42 Å². The van der Waals surface area contributed by atoms with Crippen molar-refractivity contribution in [2.24, 2.45) is 17.6 Å². The third-order valence-electron chi connectivity index (χ3n) is 2.45. The zero-order chi connectivity index (χ0) is 8.10. The second kappa shape index (κ2) is 4.70. The first-order valence-corrected chi connectivity index (χ1v) is 4.28. The van der Waals surface area contributed by atoms with Gasteiger partial charge in [-0.3, -0.25) is 0 Å². The van der Waals surface area contributed by atoms with Gasteiger partial charge in [0.2, 0.25) is 0 Å². The first kappa shape index (κ1) is 8.97. The lowest BCUT2D eigenvalue weighted by Crippen LogP contribution is -2.28. The van der Waals surface area contributed by atoms with Gasteiger partial charge in [0, 0.05) is 7.11 Å². The fourth-order valence-corrected chi connectivity index (χ4v) is 1.69. The zero-order valence-corrected chi connectivity index (χ0v) is 7.18. The molecule has 3 nitrogen and oxygen atoms in total. The molecule has 3 N–H and O–H groups in total. The Labute approximate surface area is 68.3 Å². The van der Waals surface area contributed by atoms with Gasteiger partial charge in [-0.25, -0.2) is 0 Å². The van der Waals surface area contributed by atoms with Crippen LogP contribution >= 0.6 is 0 Å². The maximum absolute atomic E-state index is 5.63. The molecule has 0 aromatic heterocycles. The number of nitrogens with one attached hydrogen (secondary N) is 1. The number of ether oxygens (including phenoxy) is 1. The van der Waals surface area contributed by atoms with E-state index in [-0.39, 0.29) is 0 Å². The average Bonchev–Trinajstić information content (AvgIpc) is 2.52. The van der Waals surface area contributed by atoms with Gasteiger partial charge in [0.25, 0.3) is 0 Å². The quantitative estimate of drug-likeness (QED) is 0.596. The van der Waals surface area contributed by atoms with Crippen molar-refractivity contribution in [1.29, 1.82) is 0 Å². The Balaban J connectivity index is 2.27. The Morgan fingerprint density at radius 1 is 1.73 bits per heavy atom. The fourth-order valence-electron chi connectivity index (χ4n) is 1.69. The molecule has 1 saturated heterocycles. The molecule has 0 amide bonds. The molecule has 3 heteroatoms. The maximum atomic E-state index is 5.63. The van der Waals surface area contributed by atoms with Crippen molar-refractivity contribution in [1.82, 2.24) is 5.32 Å². The Bertz CT molecular complexity index is 102. The van der Waals surface area contributed by atoms with Crippen LogP contribution < -0.4 is 11.1 Å². The first-order chi connectivity index (χ1) is 5.38. The van der Waals surface area contributed by atoms with Gasteiger partial charge in [-0.15, -0.1) is 0 Å². The van der Waals surface area contributed by atoms with Crippen LogP contribution in [-0.4, -0.2) is 33.4 Å². The van der Waals surface area contributed by atoms with E-state index in [2.05, 4.69) is 5.32 Å². The Morgan fingerprint density at radius 2 is 2.55 bits per heavy atom. The standard InChI is InChI=1S/C8H18N2O/c1-11-6-8(4-9)7-2-3-10-5-7/h7-8,10H,2-6,9H2,1H3. The molecular weight excluding hydrogens is 140 g/mol. The summed E-state index contributed by atoms with van der Waals surface area (Å²) in [6.07, 6.45) is 1.26. The summed E-state index contributed by atoms with van der Waals surface area (Å²) < 4.78 is 5.10. The van der Waals surface area contributed by atoms with E-state index in [4.69, 9.17) is 10.5 Å². The lowest BCUT2D eigenvalue weighted by molar-refractivity contribution is 0.129. The SMILES string of the molecule is COCC(CN)C1CCNC1. The third-order valence-corrected chi connectivity index (χ3v) is 2.45. The predicted octanol–water partition coefficient (Wildman–Crippen LogP) is -0.183. The van der Waals surface area contributed by atoms with Crippen molar-refractivity contribution in [3.63, 3.8) is 0 Å². The molecule has 0 aliphatic carbocycles. The van der Waals surface area contributed by atoms with Crippen LogP contribution in [0.3, 0.4) is 0 Å². The molecule has 0 aromatic carbocycles. The van der Waals surface area contributed by atoms with Crippen molar-refractivity contribution in [2.75, 3.05) is 33.4 Å². The second-order valence-electron chi connectivity index (χ2n) is 3.20. The summed E-state index contributed by atoms with van der Waals surface area (Å²) in [5.41, 5.74) is 5.63. The van der Waals surface area contributed by atoms with Gasteiger partial charge in [-0.05, 0) is 37.9 Å². The van der Waals surface area contributed by atoms with E-state index in [1.54, 1.807) is 7.11 Å². The minimum Gasteiger partial charge on any atom is -0.384 e. The van der Waals surface area contributed by atoms with Gasteiger partial charge in [-0.2, -0.15) is 0 Å². The molecule has 0 aromatic rings. The molecule has 0 radical (unpaired) electrons. The predicted molar refractivity (Wildman–Crippen MR) is 45.4 cm³/mol. The molecule has 0 spiro atoms. The molecular formula is C8H18N2O. The molecule has 1 aliphatic heterocycles. The van der Waals surface area contributed by atoms with E-state index in [1.807, 2.05) is 0 Å². The third kappa shape index (κ3) is 2.43. The van der Waals surface area contributed by atoms with E-state index in [1.165, 1.54) is 6.42 Å². The van der Waals surface area contributed by atoms with Crippen molar-refractivity contribution in [2.45, 2.75) is 6.42 Å². The highest BCUT2D eigenvalue weighted by molar-refractivity contribution is 4.78. The summed E-state index contributed by atoms with van der Waals surface area (Å²) in [4.78, 5) is 0. The summed E-state index contributed by atoms with van der Waals surface area (Å²) in [5, 5.41) is 3.33. The molecule has 1 aliphatic rings. The van der Waals surface area contributed by atoms with Crippen LogP contribution in [0.2, 0.25) is 0 Å². The number of rotatable bonds is 4. The maximum Gasteiger partial charge on any atom is 0.0505 e. The van der Waals surface area contributed by atoms with Gasteiger partial charge in [-0.1, -0.05) is 0 Å². The Kier molecular flexibility index (Phi) is 3.83. The van der Waals surface area contributed by atoms with Crippen molar-refractivity contribution < 1.29 is 4.74 Å². The average molecular weight is 158 g/mol. The van der Waals surface area contributed by atoms with E-state index in [0.29, 0.717) is 5.92 Å². The lowest BCUT2D eigenvalue weighted by Gasteiger charge is -2.19. The highest BCUT2D eigenvalue weighted by Gasteiger charge is 2.23. The molecule has 66 valence electrons. The van der Waals surface area contributed by atoms with Crippen molar-refractivity contribution in [3.8, 4) is 0 Å². The minimum absolute atomic E-state index is 0.551. The number of methoxy groups -OCH3 is 1. The van der Waals surface area contributed by atoms with Crippen LogP contribution in [0, 0.1) is 11.8 Å². The fraction of sp³-hybridized carbons (Fsp3) is 1.00. The summed E-state index contributed by atoms with van der Waals surface area (Å²) >= 11 is 0. The van der Waals surface area contributed by atoms with Crippen molar-refractivity contribution >= 4 is 0 Å². The largest absolute Gasteiger partial charge is 0.384 e. The Hall–Kier alpha value is -0.120. The van der Waals surface area contributed by atoms with Crippen LogP contribution in [0.25, 0.3) is 0 Å². The summed E-state index contributed by atoms with van der Waals surface area (Å²) in [6.45, 7) is 3.82. The number of nitrogens with two attached hydrogens (primary N) is 1.